The number of nitrogens with zero attached hydrogens (tertiary/aromatic N) is 2. The molecular weight excluding hydrogens is 500 g/mol. The number of oxime groups is 2. The van der Waals surface area contributed by atoms with Crippen LogP contribution < -0.4 is 0 Å². The maximum absolute atomic E-state index is 11.2. The first-order valence-corrected chi connectivity index (χ1v) is 13.7. The van der Waals surface area contributed by atoms with Crippen LogP contribution in [0.25, 0.3) is 0 Å². The highest BCUT2D eigenvalue weighted by Gasteiger charge is 2.42. The van der Waals surface area contributed by atoms with E-state index in [1.165, 1.54) is 0 Å². The minimum absolute atomic E-state index is 0.105. The van der Waals surface area contributed by atoms with E-state index in [0.29, 0.717) is 12.8 Å². The predicted octanol–water partition coefficient (Wildman–Crippen LogP) is 5.66. The fourth-order valence-electron chi connectivity index (χ4n) is 5.72. The summed E-state index contributed by atoms with van der Waals surface area (Å²) in [6.45, 7) is 0. The molecule has 6 nitrogen and oxygen atoms in total. The lowest BCUT2D eigenvalue weighted by Crippen LogP contribution is -2.45. The molecule has 0 saturated carbocycles. The largest absolute Gasteiger partial charge is 0.389 e. The Morgan fingerprint density at radius 1 is 0.475 bits per heavy atom. The Labute approximate surface area is 234 Å². The summed E-state index contributed by atoms with van der Waals surface area (Å²) in [5, 5.41) is 31.2. The molecule has 0 aromatic heterocycles. The summed E-state index contributed by atoms with van der Waals surface area (Å²) in [4.78, 5) is 11.5. The molecule has 2 aliphatic heterocycles. The maximum atomic E-state index is 11.2. The van der Waals surface area contributed by atoms with E-state index >= 15 is 0 Å². The maximum Gasteiger partial charge on any atom is 0.161 e. The summed E-state index contributed by atoms with van der Waals surface area (Å²) >= 11 is 0. The van der Waals surface area contributed by atoms with Gasteiger partial charge in [0.05, 0.1) is 23.3 Å². The minimum Gasteiger partial charge on any atom is -0.389 e. The normalized spacial score (nSPS) is 20.0. The summed E-state index contributed by atoms with van der Waals surface area (Å²) in [6, 6.07) is 40.5. The van der Waals surface area contributed by atoms with Gasteiger partial charge < -0.3 is 19.9 Å². The van der Waals surface area contributed by atoms with E-state index in [2.05, 4.69) is 58.8 Å². The number of hydrogen-bond donors (Lipinski definition) is 2. The van der Waals surface area contributed by atoms with Crippen molar-refractivity contribution >= 4 is 11.4 Å². The molecule has 4 atom stereocenters. The van der Waals surface area contributed by atoms with Crippen LogP contribution in [0.1, 0.15) is 46.9 Å². The SMILES string of the molecule is O[C@H]([C@@H](O)[C@@H]1CC(C(c2ccccc2)c2ccccc2)=NO1)[C@@H]1CC(C(c2ccccc2)c2ccccc2)=NO1. The van der Waals surface area contributed by atoms with E-state index in [9.17, 15) is 10.2 Å². The average Bonchev–Trinajstić information content (AvgIpc) is 3.70. The van der Waals surface area contributed by atoms with E-state index in [4.69, 9.17) is 9.68 Å². The van der Waals surface area contributed by atoms with Gasteiger partial charge in [-0.25, -0.2) is 0 Å². The van der Waals surface area contributed by atoms with E-state index in [0.717, 1.165) is 33.7 Å². The number of rotatable bonds is 9. The van der Waals surface area contributed by atoms with Crippen LogP contribution in [0, 0.1) is 0 Å². The van der Waals surface area contributed by atoms with Crippen molar-refractivity contribution in [1.82, 2.24) is 0 Å². The molecule has 4 aromatic carbocycles. The molecule has 6 rings (SSSR count). The van der Waals surface area contributed by atoms with Crippen LogP contribution in [0.2, 0.25) is 0 Å². The van der Waals surface area contributed by atoms with Crippen molar-refractivity contribution in [1.29, 1.82) is 0 Å². The predicted molar refractivity (Wildman–Crippen MR) is 155 cm³/mol. The van der Waals surface area contributed by atoms with Gasteiger partial charge in [-0.1, -0.05) is 132 Å². The van der Waals surface area contributed by atoms with Crippen LogP contribution in [0.4, 0.5) is 0 Å². The summed E-state index contributed by atoms with van der Waals surface area (Å²) in [5.74, 6) is -0.209. The molecule has 0 spiro atoms. The van der Waals surface area contributed by atoms with E-state index in [1.54, 1.807) is 0 Å². The molecule has 0 saturated heterocycles. The van der Waals surface area contributed by atoms with Gasteiger partial charge in [-0.05, 0) is 22.3 Å². The summed E-state index contributed by atoms with van der Waals surface area (Å²) in [7, 11) is 0. The number of hydrogen-bond acceptors (Lipinski definition) is 6. The molecule has 40 heavy (non-hydrogen) atoms. The van der Waals surface area contributed by atoms with Gasteiger partial charge in [0, 0.05) is 12.8 Å². The van der Waals surface area contributed by atoms with Gasteiger partial charge in [0.1, 0.15) is 12.2 Å². The Bertz CT molecular complexity index is 1250. The molecule has 2 aliphatic rings. The number of aliphatic hydroxyl groups is 2. The fourth-order valence-corrected chi connectivity index (χ4v) is 5.72. The third kappa shape index (κ3) is 5.41. The monoisotopic (exact) mass is 532 g/mol. The molecule has 2 N–H and O–H groups in total. The average molecular weight is 533 g/mol. The zero-order chi connectivity index (χ0) is 27.3. The van der Waals surface area contributed by atoms with E-state index in [1.807, 2.05) is 72.8 Å². The molecule has 0 radical (unpaired) electrons. The lowest BCUT2D eigenvalue weighted by Gasteiger charge is -2.25. The van der Waals surface area contributed by atoms with Crippen LogP contribution in [0.15, 0.2) is 132 Å². The highest BCUT2D eigenvalue weighted by molar-refractivity contribution is 5.95. The summed E-state index contributed by atoms with van der Waals surface area (Å²) in [6.07, 6.45) is -2.98. The van der Waals surface area contributed by atoms with Crippen molar-refractivity contribution < 1.29 is 19.9 Å². The lowest BCUT2D eigenvalue weighted by molar-refractivity contribution is -0.123. The van der Waals surface area contributed by atoms with Crippen LogP contribution >= 0.6 is 0 Å². The first kappa shape index (κ1) is 26.0. The number of benzene rings is 4. The molecule has 6 heteroatoms. The Hall–Kier alpha value is -4.26. The van der Waals surface area contributed by atoms with Crippen molar-refractivity contribution in [3.05, 3.63) is 144 Å². The molecule has 202 valence electrons. The standard InChI is InChI=1S/C34H32N2O4/c37-33(29-21-27(35-39-29)31(23-13-5-1-6-14-23)24-15-7-2-8-16-24)34(38)30-22-28(36-40-30)32(25-17-9-3-10-18-25)26-19-11-4-12-20-26/h1-20,29-34,37-38H,21-22H2/t29-,30-,33-,34-/m0/s1. The van der Waals surface area contributed by atoms with Gasteiger partial charge >= 0.3 is 0 Å². The second kappa shape index (κ2) is 11.9. The molecule has 0 fully saturated rings. The first-order valence-electron chi connectivity index (χ1n) is 13.7. The zero-order valence-electron chi connectivity index (χ0n) is 22.0. The Morgan fingerprint density at radius 3 is 1.02 bits per heavy atom. The van der Waals surface area contributed by atoms with Crippen LogP contribution in [-0.2, 0) is 9.68 Å². The fraction of sp³-hybridized carbons (Fsp3) is 0.235. The highest BCUT2D eigenvalue weighted by Crippen LogP contribution is 2.35. The first-order chi connectivity index (χ1) is 19.7. The third-order valence-electron chi connectivity index (χ3n) is 7.74. The summed E-state index contributed by atoms with van der Waals surface area (Å²) < 4.78 is 0. The van der Waals surface area contributed by atoms with Gasteiger partial charge in [0.2, 0.25) is 0 Å². The van der Waals surface area contributed by atoms with Gasteiger partial charge in [-0.15, -0.1) is 0 Å². The quantitative estimate of drug-likeness (QED) is 0.291. The topological polar surface area (TPSA) is 83.6 Å². The van der Waals surface area contributed by atoms with Crippen molar-refractivity contribution in [2.24, 2.45) is 10.3 Å². The van der Waals surface area contributed by atoms with Crippen molar-refractivity contribution in [3.63, 3.8) is 0 Å². The van der Waals surface area contributed by atoms with Gasteiger partial charge in [-0.3, -0.25) is 0 Å². The Kier molecular flexibility index (Phi) is 7.71. The summed E-state index contributed by atoms with van der Waals surface area (Å²) in [5.41, 5.74) is 6.00. The van der Waals surface area contributed by atoms with E-state index in [-0.39, 0.29) is 11.8 Å². The van der Waals surface area contributed by atoms with E-state index < -0.39 is 24.4 Å². The molecule has 0 amide bonds. The Balaban J connectivity index is 1.15. The second-order valence-electron chi connectivity index (χ2n) is 10.4. The van der Waals surface area contributed by atoms with Gasteiger partial charge in [-0.2, -0.15) is 0 Å². The second-order valence-corrected chi connectivity index (χ2v) is 10.4. The molecule has 0 aliphatic carbocycles. The van der Waals surface area contributed by atoms with Gasteiger partial charge in [0.25, 0.3) is 0 Å². The third-order valence-corrected chi connectivity index (χ3v) is 7.74. The van der Waals surface area contributed by atoms with Gasteiger partial charge in [0.15, 0.2) is 12.2 Å². The molecule has 4 aromatic rings. The van der Waals surface area contributed by atoms with Crippen LogP contribution in [0.3, 0.4) is 0 Å². The smallest absolute Gasteiger partial charge is 0.161 e. The molecule has 0 unspecified atom stereocenters. The zero-order valence-corrected chi connectivity index (χ0v) is 22.0. The van der Waals surface area contributed by atoms with Crippen molar-refractivity contribution in [3.8, 4) is 0 Å². The number of aliphatic hydroxyl groups excluding tert-OH is 2. The molecule has 2 heterocycles. The Morgan fingerprint density at radius 2 is 0.750 bits per heavy atom. The van der Waals surface area contributed by atoms with Crippen molar-refractivity contribution in [2.75, 3.05) is 0 Å². The minimum atomic E-state index is -1.19. The van der Waals surface area contributed by atoms with Crippen LogP contribution in [0.5, 0.6) is 0 Å². The highest BCUT2D eigenvalue weighted by atomic mass is 16.7. The van der Waals surface area contributed by atoms with Crippen molar-refractivity contribution in [2.45, 2.75) is 49.1 Å². The van der Waals surface area contributed by atoms with Crippen LogP contribution in [-0.4, -0.2) is 46.1 Å². The lowest BCUT2D eigenvalue weighted by atomic mass is 9.83. The molecule has 0 bridgehead atoms. The molecular formula is C34H32N2O4.